The maximum atomic E-state index is 13.4. The van der Waals surface area contributed by atoms with Gasteiger partial charge in [-0.15, -0.1) is 0 Å². The van der Waals surface area contributed by atoms with Crippen LogP contribution < -0.4 is 5.32 Å². The number of methoxy groups -OCH3 is 1. The van der Waals surface area contributed by atoms with E-state index >= 15 is 0 Å². The zero-order valence-corrected chi connectivity index (χ0v) is 25.6. The van der Waals surface area contributed by atoms with Crippen LogP contribution >= 0.6 is 0 Å². The Morgan fingerprint density at radius 2 is 1.85 bits per heavy atom. The molecule has 2 fully saturated rings. The van der Waals surface area contributed by atoms with Gasteiger partial charge in [0, 0.05) is 38.4 Å². The predicted octanol–water partition coefficient (Wildman–Crippen LogP) is 4.30. The first-order valence-electron chi connectivity index (χ1n) is 15.5. The molecule has 1 amide bonds. The van der Waals surface area contributed by atoms with Crippen molar-refractivity contribution in [2.24, 2.45) is 17.8 Å². The lowest BCUT2D eigenvalue weighted by Gasteiger charge is -2.34. The molecular weight excluding hydrogens is 524 g/mol. The molecule has 1 saturated carbocycles. The molecule has 4 unspecified atom stereocenters. The first kappa shape index (κ1) is 31.5. The lowest BCUT2D eigenvalue weighted by Crippen LogP contribution is -2.48. The van der Waals surface area contributed by atoms with Crippen molar-refractivity contribution in [3.8, 4) is 0 Å². The summed E-state index contributed by atoms with van der Waals surface area (Å²) in [4.78, 5) is 40.9. The third kappa shape index (κ3) is 9.57. The van der Waals surface area contributed by atoms with Crippen molar-refractivity contribution >= 4 is 17.8 Å². The highest BCUT2D eigenvalue weighted by molar-refractivity contribution is 5.79. The van der Waals surface area contributed by atoms with Crippen molar-refractivity contribution in [1.82, 2.24) is 10.2 Å². The van der Waals surface area contributed by atoms with Crippen LogP contribution in [-0.2, 0) is 33.3 Å². The molecule has 2 aliphatic carbocycles. The zero-order chi connectivity index (χ0) is 29.6. The largest absolute Gasteiger partial charge is 0.494 e. The second-order valence-electron chi connectivity index (χ2n) is 13.4. The zero-order valence-electron chi connectivity index (χ0n) is 25.6. The van der Waals surface area contributed by atoms with E-state index in [0.717, 1.165) is 56.3 Å². The van der Waals surface area contributed by atoms with E-state index in [9.17, 15) is 14.4 Å². The standard InChI is InChI=1S/C32H50N2O7/c1-21-13-23-16-26(14-21)39-11-6-12-40-27-18-28(31(37)38-5)34(20-27)19-25(33-29(35)17-23)15-22-7-9-24(10-8-22)30(36)41-32(2,3)4/h14,16,21-22,24-25,27-28H,6-13,15,17-20H2,1-5H3,(H,33,35)/t21?,22?,24?,25?,27-,28?/m1/s1. The highest BCUT2D eigenvalue weighted by Crippen LogP contribution is 2.34. The summed E-state index contributed by atoms with van der Waals surface area (Å²) in [5, 5.41) is 3.32. The molecule has 2 aliphatic heterocycles. The number of allylic oxidation sites excluding steroid dienone is 2. The molecule has 230 valence electrons. The van der Waals surface area contributed by atoms with Gasteiger partial charge in [-0.2, -0.15) is 0 Å². The van der Waals surface area contributed by atoms with Gasteiger partial charge < -0.3 is 24.3 Å². The molecule has 0 aromatic heterocycles. The molecule has 41 heavy (non-hydrogen) atoms. The van der Waals surface area contributed by atoms with Gasteiger partial charge in [0.05, 0.1) is 32.3 Å². The number of carbonyl (C=O) groups is 3. The van der Waals surface area contributed by atoms with Crippen molar-refractivity contribution in [2.45, 2.75) is 109 Å². The summed E-state index contributed by atoms with van der Waals surface area (Å²) in [6, 6.07) is -0.524. The molecule has 0 aromatic carbocycles. The molecule has 0 aromatic rings. The van der Waals surface area contributed by atoms with Gasteiger partial charge in [0.1, 0.15) is 17.4 Å². The molecule has 4 aliphatic rings. The molecular formula is C32H50N2O7. The Morgan fingerprint density at radius 1 is 1.10 bits per heavy atom. The summed E-state index contributed by atoms with van der Waals surface area (Å²) in [5.74, 6) is 1.08. The number of carbonyl (C=O) groups excluding carboxylic acids is 3. The van der Waals surface area contributed by atoms with Crippen LogP contribution in [0.1, 0.15) is 85.5 Å². The van der Waals surface area contributed by atoms with Crippen LogP contribution in [0.5, 0.6) is 0 Å². The van der Waals surface area contributed by atoms with Gasteiger partial charge in [0.15, 0.2) is 0 Å². The molecule has 2 heterocycles. The smallest absolute Gasteiger partial charge is 0.323 e. The Morgan fingerprint density at radius 3 is 2.56 bits per heavy atom. The molecule has 0 radical (unpaired) electrons. The second-order valence-corrected chi connectivity index (χ2v) is 13.4. The highest BCUT2D eigenvalue weighted by Gasteiger charge is 2.40. The molecule has 1 saturated heterocycles. The third-order valence-electron chi connectivity index (χ3n) is 8.54. The summed E-state index contributed by atoms with van der Waals surface area (Å²) in [6.45, 7) is 10.1. The number of rotatable bonds is 4. The van der Waals surface area contributed by atoms with Crippen molar-refractivity contribution in [1.29, 1.82) is 0 Å². The van der Waals surface area contributed by atoms with E-state index in [2.05, 4.69) is 23.2 Å². The average molecular weight is 575 g/mol. The maximum Gasteiger partial charge on any atom is 0.323 e. The Hall–Kier alpha value is -2.39. The lowest BCUT2D eigenvalue weighted by molar-refractivity contribution is -0.161. The molecule has 1 N–H and O–H groups in total. The minimum Gasteiger partial charge on any atom is -0.494 e. The van der Waals surface area contributed by atoms with Gasteiger partial charge in [0.25, 0.3) is 0 Å². The van der Waals surface area contributed by atoms with E-state index in [-0.39, 0.29) is 35.9 Å². The maximum absolute atomic E-state index is 13.4. The fourth-order valence-corrected chi connectivity index (χ4v) is 6.71. The monoisotopic (exact) mass is 574 g/mol. The fraction of sp³-hybridized carbons (Fsp3) is 0.781. The van der Waals surface area contributed by atoms with Gasteiger partial charge in [-0.05, 0) is 83.3 Å². The summed E-state index contributed by atoms with van der Waals surface area (Å²) >= 11 is 0. The van der Waals surface area contributed by atoms with Crippen LogP contribution in [0.3, 0.4) is 0 Å². The van der Waals surface area contributed by atoms with Crippen LogP contribution in [0.4, 0.5) is 0 Å². The Balaban J connectivity index is 1.46. The number of ether oxygens (including phenoxy) is 4. The van der Waals surface area contributed by atoms with Crippen LogP contribution in [0.2, 0.25) is 0 Å². The van der Waals surface area contributed by atoms with Crippen molar-refractivity contribution < 1.29 is 33.3 Å². The number of hydrogen-bond donors (Lipinski definition) is 1. The van der Waals surface area contributed by atoms with E-state index in [1.165, 1.54) is 7.11 Å². The van der Waals surface area contributed by atoms with E-state index in [1.807, 2.05) is 26.8 Å². The lowest BCUT2D eigenvalue weighted by atomic mass is 9.79. The van der Waals surface area contributed by atoms with E-state index in [0.29, 0.717) is 51.0 Å². The molecule has 4 rings (SSSR count). The number of amides is 1. The predicted molar refractivity (Wildman–Crippen MR) is 155 cm³/mol. The Labute approximate surface area is 245 Å². The summed E-state index contributed by atoms with van der Waals surface area (Å²) < 4.78 is 22.9. The number of nitrogens with zero attached hydrogens (tertiary/aromatic N) is 1. The first-order valence-corrected chi connectivity index (χ1v) is 15.5. The van der Waals surface area contributed by atoms with Gasteiger partial charge >= 0.3 is 11.9 Å². The second kappa shape index (κ2) is 14.2. The minimum atomic E-state index is -0.482. The molecule has 9 nitrogen and oxygen atoms in total. The van der Waals surface area contributed by atoms with Crippen LogP contribution in [0.15, 0.2) is 23.5 Å². The Kier molecular flexibility index (Phi) is 10.9. The van der Waals surface area contributed by atoms with Crippen LogP contribution in [0.25, 0.3) is 0 Å². The van der Waals surface area contributed by atoms with E-state index < -0.39 is 11.6 Å². The number of hydrogen-bond acceptors (Lipinski definition) is 8. The third-order valence-corrected chi connectivity index (χ3v) is 8.54. The molecule has 4 bridgehead atoms. The van der Waals surface area contributed by atoms with Crippen molar-refractivity contribution in [2.75, 3.05) is 33.4 Å². The molecule has 5 atom stereocenters. The van der Waals surface area contributed by atoms with Gasteiger partial charge in [-0.1, -0.05) is 12.5 Å². The minimum absolute atomic E-state index is 0.00847. The van der Waals surface area contributed by atoms with Crippen LogP contribution in [-0.4, -0.2) is 79.9 Å². The number of esters is 2. The normalized spacial score (nSPS) is 33.5. The van der Waals surface area contributed by atoms with Gasteiger partial charge in [-0.3, -0.25) is 19.3 Å². The summed E-state index contributed by atoms with van der Waals surface area (Å²) in [6.07, 6.45) is 10.8. The highest BCUT2D eigenvalue weighted by atomic mass is 16.6. The van der Waals surface area contributed by atoms with Gasteiger partial charge in [-0.25, -0.2) is 0 Å². The Bertz CT molecular complexity index is 992. The van der Waals surface area contributed by atoms with Gasteiger partial charge in [0.2, 0.25) is 5.91 Å². The number of nitrogens with one attached hydrogen (secondary N) is 1. The van der Waals surface area contributed by atoms with Crippen LogP contribution in [0, 0.1) is 17.8 Å². The van der Waals surface area contributed by atoms with E-state index in [1.54, 1.807) is 0 Å². The number of fused-ring (bicyclic) bond motifs is 3. The summed E-state index contributed by atoms with van der Waals surface area (Å²) in [7, 11) is 1.42. The quantitative estimate of drug-likeness (QED) is 0.496. The summed E-state index contributed by atoms with van der Waals surface area (Å²) in [5.41, 5.74) is 0.588. The SMILES string of the molecule is COC(=O)C1C[C@@H]2CN1CC(CC1CCC(C(=O)OC(C)(C)C)CC1)NC(=O)CC1=CC(=CC(C)C1)OCCCO2. The molecule has 9 heteroatoms. The first-order chi connectivity index (χ1) is 19.5. The van der Waals surface area contributed by atoms with Crippen molar-refractivity contribution in [3.63, 3.8) is 0 Å². The topological polar surface area (TPSA) is 103 Å². The van der Waals surface area contributed by atoms with E-state index in [4.69, 9.17) is 18.9 Å². The average Bonchev–Trinajstić information content (AvgIpc) is 3.28. The van der Waals surface area contributed by atoms with Crippen molar-refractivity contribution in [3.05, 3.63) is 23.5 Å². The molecule has 0 spiro atoms. The fourth-order valence-electron chi connectivity index (χ4n) is 6.71.